The molecule has 174 valence electrons. The van der Waals surface area contributed by atoms with Crippen molar-refractivity contribution < 1.29 is 9.53 Å². The van der Waals surface area contributed by atoms with Crippen LogP contribution in [0.2, 0.25) is 0 Å². The molecule has 0 aliphatic heterocycles. The minimum atomic E-state index is -0.0917. The number of carbonyl (C=O) groups is 1. The Labute approximate surface area is 204 Å². The molecule has 0 aliphatic carbocycles. The third kappa shape index (κ3) is 6.05. The van der Waals surface area contributed by atoms with Crippen molar-refractivity contribution in [3.8, 4) is 11.4 Å². The van der Waals surface area contributed by atoms with Crippen molar-refractivity contribution in [1.82, 2.24) is 14.8 Å². The average Bonchev–Trinajstić information content (AvgIpc) is 3.20. The summed E-state index contributed by atoms with van der Waals surface area (Å²) in [5.41, 5.74) is 6.29. The maximum Gasteiger partial charge on any atom is 0.234 e. The second kappa shape index (κ2) is 10.6. The highest BCUT2D eigenvalue weighted by Gasteiger charge is 2.17. The van der Waals surface area contributed by atoms with Crippen LogP contribution in [-0.2, 0) is 11.4 Å². The van der Waals surface area contributed by atoms with Crippen LogP contribution in [0.1, 0.15) is 28.1 Å². The monoisotopic (exact) mass is 472 g/mol. The van der Waals surface area contributed by atoms with Gasteiger partial charge >= 0.3 is 0 Å². The number of ether oxygens (including phenoxy) is 1. The molecule has 1 aromatic heterocycles. The molecule has 0 spiro atoms. The molecule has 0 atom stereocenters. The van der Waals surface area contributed by atoms with Gasteiger partial charge in [0.05, 0.1) is 5.75 Å². The fraction of sp³-hybridized carbons (Fsp3) is 0.222. The summed E-state index contributed by atoms with van der Waals surface area (Å²) in [5.74, 6) is 1.56. The predicted octanol–water partition coefficient (Wildman–Crippen LogP) is 5.81. The Hall–Kier alpha value is -3.58. The maximum absolute atomic E-state index is 12.6. The van der Waals surface area contributed by atoms with Gasteiger partial charge in [-0.3, -0.25) is 9.36 Å². The number of amides is 1. The van der Waals surface area contributed by atoms with Gasteiger partial charge in [-0.25, -0.2) is 0 Å². The van der Waals surface area contributed by atoms with Crippen molar-refractivity contribution in [3.63, 3.8) is 0 Å². The molecule has 0 aliphatic rings. The molecule has 7 heteroatoms. The van der Waals surface area contributed by atoms with Crippen LogP contribution in [0.25, 0.3) is 5.69 Å². The zero-order chi connectivity index (χ0) is 24.1. The van der Waals surface area contributed by atoms with Crippen LogP contribution in [0.15, 0.2) is 71.9 Å². The SMILES string of the molecule is Cc1ccc(OCc2nnc(SCC(=O)Nc3cc(C)cc(C)c3)n2-c2ccc(C)cc2)cc1. The van der Waals surface area contributed by atoms with Crippen molar-refractivity contribution in [2.45, 2.75) is 39.5 Å². The van der Waals surface area contributed by atoms with Crippen molar-refractivity contribution in [1.29, 1.82) is 0 Å². The van der Waals surface area contributed by atoms with E-state index in [1.165, 1.54) is 17.3 Å². The van der Waals surface area contributed by atoms with Gasteiger partial charge in [-0.15, -0.1) is 10.2 Å². The van der Waals surface area contributed by atoms with Crippen LogP contribution in [0.4, 0.5) is 5.69 Å². The van der Waals surface area contributed by atoms with Crippen molar-refractivity contribution >= 4 is 23.4 Å². The molecule has 4 rings (SSSR count). The number of rotatable bonds is 8. The van der Waals surface area contributed by atoms with Gasteiger partial charge in [0.1, 0.15) is 12.4 Å². The number of nitrogens with one attached hydrogen (secondary N) is 1. The lowest BCUT2D eigenvalue weighted by molar-refractivity contribution is -0.113. The summed E-state index contributed by atoms with van der Waals surface area (Å²) < 4.78 is 7.91. The van der Waals surface area contributed by atoms with Gasteiger partial charge in [-0.2, -0.15) is 0 Å². The molecule has 1 heterocycles. The van der Waals surface area contributed by atoms with E-state index in [1.54, 1.807) is 0 Å². The van der Waals surface area contributed by atoms with Crippen LogP contribution in [-0.4, -0.2) is 26.4 Å². The normalized spacial score (nSPS) is 10.8. The number of hydrogen-bond donors (Lipinski definition) is 1. The molecule has 0 unspecified atom stereocenters. The first-order valence-electron chi connectivity index (χ1n) is 11.1. The number of benzene rings is 3. The summed E-state index contributed by atoms with van der Waals surface area (Å²) in [7, 11) is 0. The number of thioether (sulfide) groups is 1. The quantitative estimate of drug-likeness (QED) is 0.328. The molecular formula is C27H28N4O2S. The van der Waals surface area contributed by atoms with Crippen LogP contribution in [0.3, 0.4) is 0 Å². The minimum Gasteiger partial charge on any atom is -0.486 e. The van der Waals surface area contributed by atoms with E-state index in [1.807, 2.05) is 92.9 Å². The van der Waals surface area contributed by atoms with Gasteiger partial charge in [0.25, 0.3) is 0 Å². The second-order valence-corrected chi connectivity index (χ2v) is 9.33. The predicted molar refractivity (Wildman–Crippen MR) is 137 cm³/mol. The zero-order valence-electron chi connectivity index (χ0n) is 19.8. The van der Waals surface area contributed by atoms with E-state index < -0.39 is 0 Å². The van der Waals surface area contributed by atoms with Crippen LogP contribution in [0.5, 0.6) is 5.75 Å². The average molecular weight is 473 g/mol. The highest BCUT2D eigenvalue weighted by atomic mass is 32.2. The number of aryl methyl sites for hydroxylation is 4. The largest absolute Gasteiger partial charge is 0.486 e. The summed E-state index contributed by atoms with van der Waals surface area (Å²) in [6, 6.07) is 22.0. The van der Waals surface area contributed by atoms with Crippen LogP contribution >= 0.6 is 11.8 Å². The molecule has 34 heavy (non-hydrogen) atoms. The van der Waals surface area contributed by atoms with Crippen LogP contribution in [0, 0.1) is 27.7 Å². The first-order valence-corrected chi connectivity index (χ1v) is 12.1. The Morgan fingerprint density at radius 3 is 2.12 bits per heavy atom. The molecule has 4 aromatic rings. The molecule has 1 N–H and O–H groups in total. The first-order chi connectivity index (χ1) is 16.4. The van der Waals surface area contributed by atoms with Gasteiger partial charge in [0.15, 0.2) is 11.0 Å². The number of aromatic nitrogens is 3. The lowest BCUT2D eigenvalue weighted by Crippen LogP contribution is -2.15. The Morgan fingerprint density at radius 2 is 1.47 bits per heavy atom. The standard InChI is InChI=1S/C27H28N4O2S/c1-18-5-9-23(10-6-18)31-25(16-33-24-11-7-19(2)8-12-24)29-30-27(31)34-17-26(32)28-22-14-20(3)13-21(4)15-22/h5-15H,16-17H2,1-4H3,(H,28,32). The van der Waals surface area contributed by atoms with Crippen molar-refractivity contribution in [3.05, 3.63) is 94.8 Å². The molecule has 3 aromatic carbocycles. The number of nitrogens with zero attached hydrogens (tertiary/aromatic N) is 3. The first kappa shape index (κ1) is 23.6. The van der Waals surface area contributed by atoms with Crippen molar-refractivity contribution in [2.75, 3.05) is 11.1 Å². The topological polar surface area (TPSA) is 69.0 Å². The zero-order valence-corrected chi connectivity index (χ0v) is 20.6. The van der Waals surface area contributed by atoms with Gasteiger partial charge in [0.2, 0.25) is 5.91 Å². The Morgan fingerprint density at radius 1 is 0.853 bits per heavy atom. The summed E-state index contributed by atoms with van der Waals surface area (Å²) in [4.78, 5) is 12.6. The molecular weight excluding hydrogens is 444 g/mol. The third-order valence-electron chi connectivity index (χ3n) is 5.22. The second-order valence-electron chi connectivity index (χ2n) is 8.38. The highest BCUT2D eigenvalue weighted by molar-refractivity contribution is 7.99. The van der Waals surface area contributed by atoms with E-state index >= 15 is 0 Å². The van der Waals surface area contributed by atoms with E-state index in [0.717, 1.165) is 33.8 Å². The summed E-state index contributed by atoms with van der Waals surface area (Å²) in [6.07, 6.45) is 0. The number of anilines is 1. The Balaban J connectivity index is 1.51. The molecule has 0 radical (unpaired) electrons. The van der Waals surface area contributed by atoms with E-state index in [4.69, 9.17) is 4.74 Å². The fourth-order valence-corrected chi connectivity index (χ4v) is 4.37. The minimum absolute atomic E-state index is 0.0917. The smallest absolute Gasteiger partial charge is 0.234 e. The van der Waals surface area contributed by atoms with E-state index in [0.29, 0.717) is 11.0 Å². The van der Waals surface area contributed by atoms with E-state index in [-0.39, 0.29) is 18.3 Å². The lowest BCUT2D eigenvalue weighted by atomic mass is 10.1. The number of hydrogen-bond acceptors (Lipinski definition) is 5. The lowest BCUT2D eigenvalue weighted by Gasteiger charge is -2.12. The maximum atomic E-state index is 12.6. The Bertz CT molecular complexity index is 1260. The Kier molecular flexibility index (Phi) is 7.33. The fourth-order valence-electron chi connectivity index (χ4n) is 3.60. The summed E-state index contributed by atoms with van der Waals surface area (Å²) >= 11 is 1.35. The van der Waals surface area contributed by atoms with Crippen LogP contribution < -0.4 is 10.1 Å². The molecule has 6 nitrogen and oxygen atoms in total. The summed E-state index contributed by atoms with van der Waals surface area (Å²) in [5, 5.41) is 12.3. The van der Waals surface area contributed by atoms with Gasteiger partial charge in [0, 0.05) is 11.4 Å². The molecule has 0 saturated heterocycles. The summed E-state index contributed by atoms with van der Waals surface area (Å²) in [6.45, 7) is 8.38. The van der Waals surface area contributed by atoms with E-state index in [9.17, 15) is 4.79 Å². The third-order valence-corrected chi connectivity index (χ3v) is 6.15. The van der Waals surface area contributed by atoms with Gasteiger partial charge in [-0.05, 0) is 75.2 Å². The molecule has 0 bridgehead atoms. The van der Waals surface area contributed by atoms with E-state index in [2.05, 4.69) is 21.6 Å². The highest BCUT2D eigenvalue weighted by Crippen LogP contribution is 2.24. The number of carbonyl (C=O) groups excluding carboxylic acids is 1. The molecule has 1 amide bonds. The van der Waals surface area contributed by atoms with Crippen molar-refractivity contribution in [2.24, 2.45) is 0 Å². The molecule has 0 fully saturated rings. The van der Waals surface area contributed by atoms with Gasteiger partial charge in [-0.1, -0.05) is 53.2 Å². The van der Waals surface area contributed by atoms with Gasteiger partial charge < -0.3 is 10.1 Å². The molecule has 0 saturated carbocycles.